The predicted molar refractivity (Wildman–Crippen MR) is 77.2 cm³/mol. The summed E-state index contributed by atoms with van der Waals surface area (Å²) in [5.74, 6) is -0.686. The molecule has 11 heteroatoms. The number of anilines is 1. The summed E-state index contributed by atoms with van der Waals surface area (Å²) in [5.41, 5.74) is 13.4. The summed E-state index contributed by atoms with van der Waals surface area (Å²) in [7, 11) is 0. The van der Waals surface area contributed by atoms with Gasteiger partial charge in [0.05, 0.1) is 6.20 Å². The van der Waals surface area contributed by atoms with E-state index in [-0.39, 0.29) is 5.84 Å². The van der Waals surface area contributed by atoms with E-state index in [0.717, 1.165) is 0 Å². The molecule has 2 aliphatic rings. The Labute approximate surface area is 117 Å². The van der Waals surface area contributed by atoms with E-state index >= 15 is 0 Å². The average Bonchev–Trinajstić information content (AvgIpc) is 3.03. The number of hydrogen-bond acceptors (Lipinski definition) is 10. The first-order chi connectivity index (χ1) is 10.1. The minimum absolute atomic E-state index is 0.156. The van der Waals surface area contributed by atoms with Crippen molar-refractivity contribution in [1.29, 1.82) is 0 Å². The lowest BCUT2D eigenvalue weighted by molar-refractivity contribution is 0.534. The van der Waals surface area contributed by atoms with Crippen LogP contribution in [-0.2, 0) is 0 Å². The van der Waals surface area contributed by atoms with Crippen LogP contribution in [0.2, 0.25) is 0 Å². The van der Waals surface area contributed by atoms with Gasteiger partial charge >= 0.3 is 0 Å². The summed E-state index contributed by atoms with van der Waals surface area (Å²) in [6.45, 7) is 0. The molecule has 0 spiro atoms. The standard InChI is InChI=1S/C10H9N11/c11-6-5-8(16-3-14-5)20-10(12,19-6)21-9-17-4-1-13-2-15-7(4)18-9/h1-3H,12H2,(H2,11,19)(H2,13,15,17,18,21). The first-order valence-electron chi connectivity index (χ1n) is 5.92. The lowest BCUT2D eigenvalue weighted by atomic mass is 10.3. The van der Waals surface area contributed by atoms with Gasteiger partial charge in [-0.1, -0.05) is 0 Å². The molecule has 0 saturated carbocycles. The molecule has 2 aromatic heterocycles. The number of nitrogens with two attached hydrogens (primary N) is 2. The van der Waals surface area contributed by atoms with Crippen molar-refractivity contribution in [3.63, 3.8) is 0 Å². The van der Waals surface area contributed by atoms with Gasteiger partial charge in [-0.05, 0) is 0 Å². The van der Waals surface area contributed by atoms with Crippen LogP contribution in [-0.4, -0.2) is 49.6 Å². The molecule has 11 nitrogen and oxygen atoms in total. The van der Waals surface area contributed by atoms with E-state index in [1.54, 1.807) is 6.20 Å². The number of aromatic amines is 1. The monoisotopic (exact) mass is 283 g/mol. The van der Waals surface area contributed by atoms with Gasteiger partial charge in [-0.3, -0.25) is 11.1 Å². The Morgan fingerprint density at radius 1 is 1.29 bits per heavy atom. The number of aromatic nitrogens is 4. The number of aliphatic imine (C=N–C) groups is 4. The number of fused-ring (bicyclic) bond motifs is 2. The van der Waals surface area contributed by atoms with Gasteiger partial charge in [-0.15, -0.1) is 0 Å². The third-order valence-corrected chi connectivity index (χ3v) is 2.85. The van der Waals surface area contributed by atoms with Crippen LogP contribution in [0.5, 0.6) is 0 Å². The maximum Gasteiger partial charge on any atom is 0.290 e. The first-order valence-corrected chi connectivity index (χ1v) is 5.92. The summed E-state index contributed by atoms with van der Waals surface area (Å²) in [4.78, 5) is 31.3. The van der Waals surface area contributed by atoms with Gasteiger partial charge in [0.2, 0.25) is 5.95 Å². The van der Waals surface area contributed by atoms with Gasteiger partial charge in [0.25, 0.3) is 5.91 Å². The second-order valence-corrected chi connectivity index (χ2v) is 4.35. The quantitative estimate of drug-likeness (QED) is 0.493. The summed E-state index contributed by atoms with van der Waals surface area (Å²) in [6.07, 6.45) is 4.34. The zero-order valence-electron chi connectivity index (χ0n) is 10.5. The Morgan fingerprint density at radius 3 is 3.05 bits per heavy atom. The number of nitrogens with zero attached hydrogens (tertiary/aromatic N) is 7. The van der Waals surface area contributed by atoms with Crippen molar-refractivity contribution in [3.05, 3.63) is 12.5 Å². The lowest BCUT2D eigenvalue weighted by Crippen LogP contribution is -2.51. The van der Waals surface area contributed by atoms with Crippen LogP contribution >= 0.6 is 0 Å². The third-order valence-electron chi connectivity index (χ3n) is 2.85. The first kappa shape index (κ1) is 11.6. The van der Waals surface area contributed by atoms with E-state index in [4.69, 9.17) is 11.5 Å². The van der Waals surface area contributed by atoms with Crippen LogP contribution in [0.1, 0.15) is 0 Å². The molecule has 0 saturated heterocycles. The normalized spacial score (nSPS) is 23.6. The van der Waals surface area contributed by atoms with E-state index < -0.39 is 5.91 Å². The van der Waals surface area contributed by atoms with Crippen LogP contribution in [0.15, 0.2) is 32.5 Å². The van der Waals surface area contributed by atoms with Gasteiger partial charge in [0.15, 0.2) is 23.0 Å². The number of rotatable bonds is 2. The van der Waals surface area contributed by atoms with Crippen molar-refractivity contribution in [2.24, 2.45) is 31.4 Å². The molecule has 1 unspecified atom stereocenters. The fourth-order valence-electron chi connectivity index (χ4n) is 2.00. The molecule has 6 N–H and O–H groups in total. The molecule has 0 radical (unpaired) electrons. The molecule has 0 aromatic carbocycles. The van der Waals surface area contributed by atoms with Gasteiger partial charge in [-0.25, -0.2) is 24.9 Å². The Morgan fingerprint density at radius 2 is 2.19 bits per heavy atom. The van der Waals surface area contributed by atoms with Gasteiger partial charge in [0.1, 0.15) is 18.2 Å². The van der Waals surface area contributed by atoms with Crippen molar-refractivity contribution >= 4 is 40.8 Å². The zero-order valence-corrected chi connectivity index (χ0v) is 10.5. The number of amidine groups is 2. The highest BCUT2D eigenvalue weighted by molar-refractivity contribution is 6.70. The van der Waals surface area contributed by atoms with Crippen molar-refractivity contribution in [2.45, 2.75) is 5.91 Å². The average molecular weight is 283 g/mol. The van der Waals surface area contributed by atoms with E-state index in [2.05, 4.69) is 45.2 Å². The van der Waals surface area contributed by atoms with Crippen molar-refractivity contribution in [3.8, 4) is 0 Å². The molecule has 1 atom stereocenters. The lowest BCUT2D eigenvalue weighted by Gasteiger charge is -2.25. The second-order valence-electron chi connectivity index (χ2n) is 4.35. The van der Waals surface area contributed by atoms with Crippen LogP contribution in [0.25, 0.3) is 11.2 Å². The number of hydrogen-bond donors (Lipinski definition) is 4. The number of imidazole rings is 1. The van der Waals surface area contributed by atoms with E-state index in [1.807, 2.05) is 0 Å². The molecule has 0 bridgehead atoms. The highest BCUT2D eigenvalue weighted by Gasteiger charge is 2.34. The van der Waals surface area contributed by atoms with Gasteiger partial charge < -0.3 is 10.7 Å². The molecule has 4 heterocycles. The van der Waals surface area contributed by atoms with Crippen molar-refractivity contribution in [1.82, 2.24) is 19.9 Å². The van der Waals surface area contributed by atoms with Crippen molar-refractivity contribution in [2.75, 3.05) is 5.32 Å². The van der Waals surface area contributed by atoms with E-state index in [1.165, 1.54) is 12.7 Å². The maximum atomic E-state index is 6.07. The smallest absolute Gasteiger partial charge is 0.290 e. The maximum absolute atomic E-state index is 6.07. The van der Waals surface area contributed by atoms with E-state index in [0.29, 0.717) is 28.7 Å². The topological polar surface area (TPSA) is 168 Å². The highest BCUT2D eigenvalue weighted by Crippen LogP contribution is 2.18. The molecule has 4 rings (SSSR count). The molecular weight excluding hydrogens is 274 g/mol. The summed E-state index contributed by atoms with van der Waals surface area (Å²) < 4.78 is 0. The zero-order chi connectivity index (χ0) is 14.4. The summed E-state index contributed by atoms with van der Waals surface area (Å²) >= 11 is 0. The Bertz CT molecular complexity index is 824. The summed E-state index contributed by atoms with van der Waals surface area (Å²) in [5, 5.41) is 2.85. The van der Waals surface area contributed by atoms with Crippen molar-refractivity contribution < 1.29 is 0 Å². The fourth-order valence-corrected chi connectivity index (χ4v) is 2.00. The van der Waals surface area contributed by atoms with Crippen LogP contribution < -0.4 is 16.8 Å². The second kappa shape index (κ2) is 3.89. The van der Waals surface area contributed by atoms with Crippen LogP contribution in [0.3, 0.4) is 0 Å². The van der Waals surface area contributed by atoms with Crippen LogP contribution in [0, 0.1) is 0 Å². The Kier molecular flexibility index (Phi) is 2.15. The van der Waals surface area contributed by atoms with Gasteiger partial charge in [0, 0.05) is 0 Å². The number of nitrogens with one attached hydrogen (secondary N) is 2. The molecule has 21 heavy (non-hydrogen) atoms. The molecule has 2 aromatic rings. The molecule has 0 amide bonds. The minimum atomic E-state index is -1.51. The molecule has 104 valence electrons. The van der Waals surface area contributed by atoms with E-state index in [9.17, 15) is 0 Å². The fraction of sp³-hybridized carbons (Fsp3) is 0.100. The highest BCUT2D eigenvalue weighted by atomic mass is 15.4. The van der Waals surface area contributed by atoms with Crippen LogP contribution in [0.4, 0.5) is 5.95 Å². The predicted octanol–water partition coefficient (Wildman–Crippen LogP) is -1.41. The molecule has 2 aliphatic heterocycles. The SMILES string of the molecule is NC1=NC(N)(Nc2nc3ncncc3[nH]2)N=C2N=CN=C12. The number of H-pyrrole nitrogens is 1. The largest absolute Gasteiger partial charge is 0.382 e. The molecular formula is C10H9N11. The molecule has 0 fully saturated rings. The molecule has 0 aliphatic carbocycles. The summed E-state index contributed by atoms with van der Waals surface area (Å²) in [6, 6.07) is 0. The Hall–Kier alpha value is -3.21. The van der Waals surface area contributed by atoms with Gasteiger partial charge in [-0.2, -0.15) is 9.98 Å². The third kappa shape index (κ3) is 1.83. The minimum Gasteiger partial charge on any atom is -0.382 e. The Balaban J connectivity index is 1.71.